The van der Waals surface area contributed by atoms with Gasteiger partial charge in [0.15, 0.2) is 0 Å². The summed E-state index contributed by atoms with van der Waals surface area (Å²) >= 11 is 3.65. The van der Waals surface area contributed by atoms with Crippen LogP contribution in [0.25, 0.3) is 0 Å². The van der Waals surface area contributed by atoms with Crippen LogP contribution in [0.1, 0.15) is 18.4 Å². The molecule has 13 heteroatoms. The summed E-state index contributed by atoms with van der Waals surface area (Å²) < 4.78 is 0. The number of carboxylic acids is 4. The van der Waals surface area contributed by atoms with Crippen molar-refractivity contribution in [1.29, 1.82) is 0 Å². The summed E-state index contributed by atoms with van der Waals surface area (Å²) in [4.78, 5) is 39.5. The Bertz CT molecular complexity index is 687. The highest BCUT2D eigenvalue weighted by molar-refractivity contribution is 7.80. The standard InChI is InChI=1S/C9H11NO2.C5H9NO2.C3H7NO2S.C2H5NO2/c10-8(9(11)12)6-7-4-2-1-3-5-7;7-5(8)4-2-1-3-6-4;4-2(1-7)3(5)6;3-1-2(4)5/h1-5,8H,6,10H2,(H,11,12);4,6H,1-3H2,(H,7,8);2,7H,1,4H2,(H,5,6);1,3H2,(H,4,5)/t;4-;;/m.0../s1. The Morgan fingerprint density at radius 3 is 1.75 bits per heavy atom. The van der Waals surface area contributed by atoms with Crippen LogP contribution in [-0.4, -0.2) is 81.3 Å². The van der Waals surface area contributed by atoms with Crippen LogP contribution >= 0.6 is 12.6 Å². The Balaban J connectivity index is 0. The number of hydrogen-bond donors (Lipinski definition) is 9. The first-order valence-corrected chi connectivity index (χ1v) is 10.1. The van der Waals surface area contributed by atoms with Crippen LogP contribution < -0.4 is 22.5 Å². The Kier molecular flexibility index (Phi) is 18.7. The molecule has 0 aromatic heterocycles. The van der Waals surface area contributed by atoms with Crippen LogP contribution in [0.3, 0.4) is 0 Å². The highest BCUT2D eigenvalue weighted by Gasteiger charge is 2.20. The SMILES string of the molecule is NC(CS)C(=O)O.NC(Cc1ccccc1)C(=O)O.NCC(=O)O.O=C(O)[C@@H]1CCCN1. The second-order valence-electron chi connectivity index (χ2n) is 6.35. The molecule has 1 fully saturated rings. The molecule has 2 unspecified atom stereocenters. The van der Waals surface area contributed by atoms with E-state index in [4.69, 9.17) is 31.9 Å². The van der Waals surface area contributed by atoms with Gasteiger partial charge in [0.1, 0.15) is 18.1 Å². The fourth-order valence-corrected chi connectivity index (χ4v) is 2.08. The molecule has 1 aliphatic rings. The maximum Gasteiger partial charge on any atom is 0.321 e. The first kappa shape index (κ1) is 31.5. The van der Waals surface area contributed by atoms with E-state index in [0.717, 1.165) is 24.9 Å². The third kappa shape index (κ3) is 18.1. The summed E-state index contributed by atoms with van der Waals surface area (Å²) in [7, 11) is 0. The number of nitrogens with two attached hydrogens (primary N) is 3. The van der Waals surface area contributed by atoms with Gasteiger partial charge in [-0.2, -0.15) is 12.6 Å². The lowest BCUT2D eigenvalue weighted by molar-refractivity contribution is -0.139. The first-order valence-electron chi connectivity index (χ1n) is 9.45. The summed E-state index contributed by atoms with van der Waals surface area (Å²) in [6, 6.07) is 7.46. The third-order valence-electron chi connectivity index (χ3n) is 3.66. The van der Waals surface area contributed by atoms with Gasteiger partial charge in [0.2, 0.25) is 0 Å². The van der Waals surface area contributed by atoms with E-state index >= 15 is 0 Å². The van der Waals surface area contributed by atoms with Crippen molar-refractivity contribution in [3.63, 3.8) is 0 Å². The molecule has 2 rings (SSSR count). The van der Waals surface area contributed by atoms with Crippen molar-refractivity contribution in [2.45, 2.75) is 37.4 Å². The topological polar surface area (TPSA) is 239 Å². The van der Waals surface area contributed by atoms with Crippen molar-refractivity contribution in [3.05, 3.63) is 35.9 Å². The van der Waals surface area contributed by atoms with Crippen molar-refractivity contribution in [1.82, 2.24) is 5.32 Å². The van der Waals surface area contributed by atoms with Crippen molar-refractivity contribution < 1.29 is 39.6 Å². The minimum Gasteiger partial charge on any atom is -0.480 e. The molecule has 0 saturated carbocycles. The molecule has 0 amide bonds. The quantitative estimate of drug-likeness (QED) is 0.211. The molecule has 0 aliphatic carbocycles. The number of carboxylic acid groups (broad SMARTS) is 4. The van der Waals surface area contributed by atoms with Crippen molar-refractivity contribution >= 4 is 36.5 Å². The van der Waals surface area contributed by atoms with E-state index in [-0.39, 0.29) is 18.3 Å². The molecule has 1 aromatic carbocycles. The van der Waals surface area contributed by atoms with E-state index in [9.17, 15) is 19.2 Å². The van der Waals surface area contributed by atoms with Gasteiger partial charge in [-0.05, 0) is 31.4 Å². The van der Waals surface area contributed by atoms with Crippen molar-refractivity contribution in [2.24, 2.45) is 17.2 Å². The van der Waals surface area contributed by atoms with Crippen LogP contribution in [-0.2, 0) is 25.6 Å². The zero-order chi connectivity index (χ0) is 25.1. The van der Waals surface area contributed by atoms with Crippen LogP contribution in [0.5, 0.6) is 0 Å². The molecular weight excluding hydrogens is 444 g/mol. The van der Waals surface area contributed by atoms with E-state index < -0.39 is 36.0 Å². The molecule has 11 N–H and O–H groups in total. The molecule has 12 nitrogen and oxygen atoms in total. The fraction of sp³-hybridized carbons (Fsp3) is 0.474. The second-order valence-corrected chi connectivity index (χ2v) is 6.71. The number of rotatable bonds is 7. The Hall–Kier alpha value is -2.71. The smallest absolute Gasteiger partial charge is 0.321 e. The summed E-state index contributed by atoms with van der Waals surface area (Å²) in [5.74, 6) is -3.46. The van der Waals surface area contributed by atoms with E-state index in [1.165, 1.54) is 0 Å². The molecule has 3 atom stereocenters. The summed E-state index contributed by atoms with van der Waals surface area (Å²) in [6.07, 6.45) is 2.17. The summed E-state index contributed by atoms with van der Waals surface area (Å²) in [5.41, 5.74) is 15.8. The van der Waals surface area contributed by atoms with Gasteiger partial charge >= 0.3 is 23.9 Å². The molecule has 1 heterocycles. The number of hydrogen-bond acceptors (Lipinski definition) is 9. The van der Waals surface area contributed by atoms with E-state index in [0.29, 0.717) is 6.42 Å². The van der Waals surface area contributed by atoms with Gasteiger partial charge < -0.3 is 42.9 Å². The lowest BCUT2D eigenvalue weighted by atomic mass is 10.1. The number of nitrogens with one attached hydrogen (secondary N) is 1. The zero-order valence-corrected chi connectivity index (χ0v) is 18.4. The number of thiol groups is 1. The zero-order valence-electron chi connectivity index (χ0n) is 17.5. The van der Waals surface area contributed by atoms with E-state index in [2.05, 4.69) is 23.7 Å². The molecule has 0 bridgehead atoms. The number of benzene rings is 1. The Morgan fingerprint density at radius 2 is 1.50 bits per heavy atom. The second kappa shape index (κ2) is 19.0. The summed E-state index contributed by atoms with van der Waals surface area (Å²) in [5, 5.41) is 35.3. The van der Waals surface area contributed by atoms with Gasteiger partial charge in [-0.1, -0.05) is 30.3 Å². The minimum atomic E-state index is -1.00. The van der Waals surface area contributed by atoms with Gasteiger partial charge in [-0.25, -0.2) is 0 Å². The van der Waals surface area contributed by atoms with Crippen LogP contribution in [0, 0.1) is 0 Å². The lowest BCUT2D eigenvalue weighted by Crippen LogP contribution is -2.32. The summed E-state index contributed by atoms with van der Waals surface area (Å²) in [6.45, 7) is 0.580. The number of aliphatic carboxylic acids is 4. The molecule has 1 saturated heterocycles. The Labute approximate surface area is 191 Å². The van der Waals surface area contributed by atoms with Gasteiger partial charge in [0, 0.05) is 5.75 Å². The molecular formula is C19H32N4O8S. The molecule has 32 heavy (non-hydrogen) atoms. The van der Waals surface area contributed by atoms with Crippen LogP contribution in [0.2, 0.25) is 0 Å². The minimum absolute atomic E-state index is 0.190. The average molecular weight is 477 g/mol. The van der Waals surface area contributed by atoms with Gasteiger partial charge in [0.25, 0.3) is 0 Å². The Morgan fingerprint density at radius 1 is 1.00 bits per heavy atom. The van der Waals surface area contributed by atoms with Crippen molar-refractivity contribution in [2.75, 3.05) is 18.8 Å². The predicted octanol–water partition coefficient (Wildman–Crippen LogP) is -1.18. The maximum absolute atomic E-state index is 10.4. The van der Waals surface area contributed by atoms with Gasteiger partial charge in [0.05, 0.1) is 6.54 Å². The molecule has 1 aromatic rings. The molecule has 1 aliphatic heterocycles. The first-order chi connectivity index (χ1) is 15.0. The van der Waals surface area contributed by atoms with Crippen LogP contribution in [0.4, 0.5) is 0 Å². The van der Waals surface area contributed by atoms with Crippen molar-refractivity contribution in [3.8, 4) is 0 Å². The third-order valence-corrected chi connectivity index (χ3v) is 4.06. The normalized spacial score (nSPS) is 15.8. The highest BCUT2D eigenvalue weighted by atomic mass is 32.1. The molecule has 182 valence electrons. The van der Waals surface area contributed by atoms with Gasteiger partial charge in [-0.15, -0.1) is 0 Å². The fourth-order valence-electron chi connectivity index (χ4n) is 1.93. The van der Waals surface area contributed by atoms with E-state index in [1.54, 1.807) is 0 Å². The van der Waals surface area contributed by atoms with Gasteiger partial charge in [-0.3, -0.25) is 19.2 Å². The predicted molar refractivity (Wildman–Crippen MR) is 121 cm³/mol. The lowest BCUT2D eigenvalue weighted by Gasteiger charge is -2.04. The largest absolute Gasteiger partial charge is 0.480 e. The molecule has 0 radical (unpaired) electrons. The van der Waals surface area contributed by atoms with E-state index in [1.807, 2.05) is 30.3 Å². The highest BCUT2D eigenvalue weighted by Crippen LogP contribution is 2.03. The monoisotopic (exact) mass is 476 g/mol. The van der Waals surface area contributed by atoms with Crippen LogP contribution in [0.15, 0.2) is 30.3 Å². The average Bonchev–Trinajstić information content (AvgIpc) is 3.30. The molecule has 0 spiro atoms. The number of carbonyl (C=O) groups is 4. The maximum atomic E-state index is 10.4.